The molecule has 0 radical (unpaired) electrons. The predicted octanol–water partition coefficient (Wildman–Crippen LogP) is 2.89. The lowest BCUT2D eigenvalue weighted by atomic mass is 9.67. The lowest BCUT2D eigenvalue weighted by Gasteiger charge is -2.50. The van der Waals surface area contributed by atoms with Crippen molar-refractivity contribution in [1.82, 2.24) is 0 Å². The number of benzene rings is 1. The second-order valence-corrected chi connectivity index (χ2v) is 7.30. The number of fused-ring (bicyclic) bond motifs is 2. The van der Waals surface area contributed by atoms with Gasteiger partial charge in [0.05, 0.1) is 12.5 Å². The molecule has 4 rings (SSSR count). The van der Waals surface area contributed by atoms with Crippen molar-refractivity contribution in [3.8, 4) is 0 Å². The van der Waals surface area contributed by atoms with E-state index in [9.17, 15) is 9.59 Å². The molecule has 0 unspecified atom stereocenters. The monoisotopic (exact) mass is 318 g/mol. The van der Waals surface area contributed by atoms with Crippen molar-refractivity contribution in [1.29, 1.82) is 0 Å². The molecule has 1 aromatic carbocycles. The number of thioether (sulfide) groups is 1. The van der Waals surface area contributed by atoms with Crippen LogP contribution in [0.1, 0.15) is 18.9 Å². The number of ether oxygens (including phenoxy) is 2. The first kappa shape index (κ1) is 15.2. The Morgan fingerprint density at radius 2 is 2.05 bits per heavy atom. The Balaban J connectivity index is 2.06. The highest BCUT2D eigenvalue weighted by molar-refractivity contribution is 8.01. The minimum Gasteiger partial charge on any atom is -0.469 e. The summed E-state index contributed by atoms with van der Waals surface area (Å²) in [6.45, 7) is 3.79. The fourth-order valence-electron chi connectivity index (χ4n) is 3.09. The average molecular weight is 318 g/mol. The van der Waals surface area contributed by atoms with Gasteiger partial charge in [-0.1, -0.05) is 23.8 Å². The lowest BCUT2D eigenvalue weighted by molar-refractivity contribution is -0.176. The third-order valence-electron chi connectivity index (χ3n) is 4.47. The number of carbonyl (C=O) groups excluding carboxylic acids is 2. The van der Waals surface area contributed by atoms with Gasteiger partial charge in [-0.2, -0.15) is 0 Å². The molecule has 2 bridgehead atoms. The van der Waals surface area contributed by atoms with Gasteiger partial charge in [0.25, 0.3) is 0 Å². The Labute approximate surface area is 133 Å². The molecule has 1 aliphatic carbocycles. The maximum atomic E-state index is 12.6. The van der Waals surface area contributed by atoms with E-state index in [4.69, 9.17) is 9.47 Å². The quantitative estimate of drug-likeness (QED) is 0.633. The molecule has 1 saturated heterocycles. The molecule has 116 valence electrons. The second-order valence-electron chi connectivity index (χ2n) is 5.98. The van der Waals surface area contributed by atoms with Gasteiger partial charge in [-0.25, -0.2) is 0 Å². The van der Waals surface area contributed by atoms with E-state index < -0.39 is 10.2 Å². The van der Waals surface area contributed by atoms with Crippen molar-refractivity contribution in [2.75, 3.05) is 7.11 Å². The van der Waals surface area contributed by atoms with E-state index in [1.807, 2.05) is 43.3 Å². The van der Waals surface area contributed by atoms with Crippen molar-refractivity contribution in [2.45, 2.75) is 36.0 Å². The molecule has 0 spiro atoms. The Bertz CT molecular complexity index is 651. The lowest BCUT2D eigenvalue weighted by Crippen LogP contribution is -2.62. The molecule has 0 N–H and O–H groups in total. The molecule has 2 heterocycles. The fourth-order valence-corrected chi connectivity index (χ4v) is 4.40. The number of esters is 2. The maximum absolute atomic E-state index is 12.6. The van der Waals surface area contributed by atoms with Crippen LogP contribution in [0.2, 0.25) is 0 Å². The third-order valence-corrected chi connectivity index (χ3v) is 6.06. The van der Waals surface area contributed by atoms with E-state index in [0.29, 0.717) is 6.42 Å². The molecule has 0 amide bonds. The van der Waals surface area contributed by atoms with Crippen LogP contribution in [-0.4, -0.2) is 29.9 Å². The first-order valence-electron chi connectivity index (χ1n) is 7.16. The maximum Gasteiger partial charge on any atom is 0.328 e. The van der Waals surface area contributed by atoms with Gasteiger partial charge in [0, 0.05) is 11.3 Å². The summed E-state index contributed by atoms with van der Waals surface area (Å²) in [7, 11) is 1.36. The van der Waals surface area contributed by atoms with E-state index in [2.05, 4.69) is 0 Å². The number of aryl methyl sites for hydroxylation is 1. The van der Waals surface area contributed by atoms with Crippen LogP contribution in [-0.2, 0) is 19.1 Å². The van der Waals surface area contributed by atoms with E-state index in [0.717, 1.165) is 10.5 Å². The van der Waals surface area contributed by atoms with Gasteiger partial charge in [0.1, 0.15) is 6.10 Å². The molecule has 4 nitrogen and oxygen atoms in total. The van der Waals surface area contributed by atoms with Gasteiger partial charge in [-0.05, 0) is 32.1 Å². The molecule has 1 aromatic rings. The zero-order valence-electron chi connectivity index (χ0n) is 12.8. The van der Waals surface area contributed by atoms with E-state index in [-0.39, 0.29) is 18.0 Å². The molecule has 22 heavy (non-hydrogen) atoms. The molecule has 0 saturated carbocycles. The summed E-state index contributed by atoms with van der Waals surface area (Å²) in [4.78, 5) is 25.9. The SMILES string of the molecule is COC(=O)[C@]1(C)C[C@@H]2C=C[C@@]1(Sc1ccc(C)cc1)C(=O)O2. The summed E-state index contributed by atoms with van der Waals surface area (Å²) in [5.74, 6) is -0.747. The Morgan fingerprint density at radius 1 is 1.36 bits per heavy atom. The van der Waals surface area contributed by atoms with Gasteiger partial charge in [0.2, 0.25) is 0 Å². The molecule has 1 fully saturated rings. The first-order chi connectivity index (χ1) is 10.4. The van der Waals surface area contributed by atoms with Crippen molar-refractivity contribution < 1.29 is 19.1 Å². The van der Waals surface area contributed by atoms with Crippen molar-refractivity contribution >= 4 is 23.7 Å². The highest BCUT2D eigenvalue weighted by Crippen LogP contribution is 2.56. The van der Waals surface area contributed by atoms with Crippen molar-refractivity contribution in [3.05, 3.63) is 42.0 Å². The van der Waals surface area contributed by atoms with Crippen LogP contribution < -0.4 is 0 Å². The van der Waals surface area contributed by atoms with E-state index >= 15 is 0 Å². The molecular weight excluding hydrogens is 300 g/mol. The van der Waals surface area contributed by atoms with Gasteiger partial charge in [0.15, 0.2) is 4.75 Å². The summed E-state index contributed by atoms with van der Waals surface area (Å²) < 4.78 is 9.32. The standard InChI is InChI=1S/C17H18O4S/c1-11-4-6-13(7-5-11)22-17-9-8-12(21-15(17)19)10-16(17,2)14(18)20-3/h4-9,12H,10H2,1-3H3/t12-,16-,17+/m0/s1. The van der Waals surface area contributed by atoms with Gasteiger partial charge >= 0.3 is 11.9 Å². The van der Waals surface area contributed by atoms with Gasteiger partial charge in [-0.3, -0.25) is 9.59 Å². The molecule has 2 aliphatic heterocycles. The van der Waals surface area contributed by atoms with Crippen LogP contribution in [0, 0.1) is 12.3 Å². The van der Waals surface area contributed by atoms with Crippen LogP contribution in [0.25, 0.3) is 0 Å². The zero-order valence-corrected chi connectivity index (χ0v) is 13.6. The highest BCUT2D eigenvalue weighted by atomic mass is 32.2. The highest BCUT2D eigenvalue weighted by Gasteiger charge is 2.65. The molecular formula is C17H18O4S. The summed E-state index contributed by atoms with van der Waals surface area (Å²) in [6.07, 6.45) is 3.78. The van der Waals surface area contributed by atoms with Crippen LogP contribution in [0.4, 0.5) is 0 Å². The van der Waals surface area contributed by atoms with Crippen LogP contribution in [0.15, 0.2) is 41.3 Å². The van der Waals surface area contributed by atoms with E-state index in [1.54, 1.807) is 6.92 Å². The summed E-state index contributed by atoms with van der Waals surface area (Å²) in [5.41, 5.74) is 0.203. The average Bonchev–Trinajstić information content (AvgIpc) is 2.50. The second kappa shape index (κ2) is 5.16. The Morgan fingerprint density at radius 3 is 2.64 bits per heavy atom. The van der Waals surface area contributed by atoms with Crippen LogP contribution in [0.3, 0.4) is 0 Å². The van der Waals surface area contributed by atoms with E-state index in [1.165, 1.54) is 18.9 Å². The minimum atomic E-state index is -1.08. The Kier molecular flexibility index (Phi) is 3.56. The summed E-state index contributed by atoms with van der Waals surface area (Å²) in [5, 5.41) is 0. The Hall–Kier alpha value is -1.75. The number of hydrogen-bond acceptors (Lipinski definition) is 5. The number of methoxy groups -OCH3 is 1. The normalized spacial score (nSPS) is 32.7. The molecule has 3 aliphatic rings. The molecule has 3 atom stereocenters. The van der Waals surface area contributed by atoms with Gasteiger partial charge in [-0.15, -0.1) is 11.8 Å². The number of rotatable bonds is 3. The molecule has 0 aromatic heterocycles. The number of hydrogen-bond donors (Lipinski definition) is 0. The van der Waals surface area contributed by atoms with Crippen molar-refractivity contribution in [3.63, 3.8) is 0 Å². The fraction of sp³-hybridized carbons (Fsp3) is 0.412. The van der Waals surface area contributed by atoms with Crippen molar-refractivity contribution in [2.24, 2.45) is 5.41 Å². The van der Waals surface area contributed by atoms with Crippen LogP contribution >= 0.6 is 11.8 Å². The first-order valence-corrected chi connectivity index (χ1v) is 7.97. The van der Waals surface area contributed by atoms with Gasteiger partial charge < -0.3 is 9.47 Å². The summed E-state index contributed by atoms with van der Waals surface area (Å²) >= 11 is 1.36. The molecule has 5 heteroatoms. The smallest absolute Gasteiger partial charge is 0.328 e. The zero-order chi connectivity index (χ0) is 16.0. The number of carbonyl (C=O) groups is 2. The minimum absolute atomic E-state index is 0.350. The van der Waals surface area contributed by atoms with Crippen LogP contribution in [0.5, 0.6) is 0 Å². The topological polar surface area (TPSA) is 52.6 Å². The predicted molar refractivity (Wildman–Crippen MR) is 83.5 cm³/mol. The largest absolute Gasteiger partial charge is 0.469 e. The third kappa shape index (κ3) is 2.07. The summed E-state index contributed by atoms with van der Waals surface area (Å²) in [6, 6.07) is 7.87.